The van der Waals surface area contributed by atoms with E-state index in [-0.39, 0.29) is 5.54 Å². The second kappa shape index (κ2) is 5.60. The molecule has 0 spiro atoms. The van der Waals surface area contributed by atoms with Gasteiger partial charge in [-0.2, -0.15) is 4.98 Å². The Balaban J connectivity index is 1.67. The van der Waals surface area contributed by atoms with Crippen molar-refractivity contribution in [3.05, 3.63) is 60.2 Å². The number of anilines is 1. The van der Waals surface area contributed by atoms with Crippen molar-refractivity contribution < 1.29 is 4.42 Å². The first-order valence-corrected chi connectivity index (χ1v) is 7.30. The van der Waals surface area contributed by atoms with Crippen molar-refractivity contribution >= 4 is 17.1 Å². The number of aromatic nitrogens is 1. The number of hydrogen-bond acceptors (Lipinski definition) is 3. The minimum Gasteiger partial charge on any atom is -0.424 e. The van der Waals surface area contributed by atoms with Gasteiger partial charge in [-0.15, -0.1) is 0 Å². The molecular weight excluding hydrogens is 260 g/mol. The van der Waals surface area contributed by atoms with Gasteiger partial charge in [0.15, 0.2) is 5.58 Å². The summed E-state index contributed by atoms with van der Waals surface area (Å²) < 4.78 is 5.73. The van der Waals surface area contributed by atoms with E-state index in [2.05, 4.69) is 48.4 Å². The first-order chi connectivity index (χ1) is 10.1. The number of benzene rings is 2. The number of nitrogens with one attached hydrogen (secondary N) is 1. The van der Waals surface area contributed by atoms with Crippen LogP contribution in [0.4, 0.5) is 6.01 Å². The number of fused-ring (bicyclic) bond motifs is 1. The first-order valence-electron chi connectivity index (χ1n) is 7.30. The molecule has 0 saturated heterocycles. The molecule has 0 aliphatic carbocycles. The highest BCUT2D eigenvalue weighted by molar-refractivity contribution is 5.74. The third-order valence-corrected chi connectivity index (χ3v) is 3.62. The van der Waals surface area contributed by atoms with Gasteiger partial charge in [0.2, 0.25) is 0 Å². The van der Waals surface area contributed by atoms with Crippen LogP contribution < -0.4 is 5.32 Å². The largest absolute Gasteiger partial charge is 0.424 e. The van der Waals surface area contributed by atoms with Crippen LogP contribution in [-0.4, -0.2) is 10.5 Å². The van der Waals surface area contributed by atoms with E-state index in [1.165, 1.54) is 5.56 Å². The number of nitrogens with zero attached hydrogens (tertiary/aromatic N) is 1. The molecule has 1 heterocycles. The molecule has 3 heteroatoms. The second-order valence-electron chi connectivity index (χ2n) is 5.98. The van der Waals surface area contributed by atoms with Crippen molar-refractivity contribution in [3.8, 4) is 0 Å². The lowest BCUT2D eigenvalue weighted by atomic mass is 9.95. The zero-order valence-electron chi connectivity index (χ0n) is 12.5. The molecule has 0 aliphatic heterocycles. The maximum absolute atomic E-state index is 5.73. The molecule has 0 bridgehead atoms. The smallest absolute Gasteiger partial charge is 0.296 e. The molecular formula is C18H20N2O. The van der Waals surface area contributed by atoms with E-state index < -0.39 is 0 Å². The van der Waals surface area contributed by atoms with Gasteiger partial charge in [0.25, 0.3) is 6.01 Å². The summed E-state index contributed by atoms with van der Waals surface area (Å²) in [5, 5.41) is 3.40. The summed E-state index contributed by atoms with van der Waals surface area (Å²) in [6.45, 7) is 4.34. The normalized spacial score (nSPS) is 11.7. The molecule has 0 aliphatic rings. The van der Waals surface area contributed by atoms with Crippen molar-refractivity contribution in [2.24, 2.45) is 0 Å². The zero-order valence-corrected chi connectivity index (χ0v) is 12.5. The molecule has 1 aromatic heterocycles. The molecule has 0 atom stereocenters. The fraction of sp³-hybridized carbons (Fsp3) is 0.278. The number of para-hydroxylation sites is 2. The van der Waals surface area contributed by atoms with Gasteiger partial charge in [-0.25, -0.2) is 0 Å². The molecule has 0 radical (unpaired) electrons. The minimum atomic E-state index is -0.0727. The number of hydrogen-bond donors (Lipinski definition) is 1. The fourth-order valence-electron chi connectivity index (χ4n) is 2.38. The maximum Gasteiger partial charge on any atom is 0.296 e. The Bertz CT molecular complexity index is 683. The molecule has 3 rings (SSSR count). The molecule has 0 fully saturated rings. The van der Waals surface area contributed by atoms with E-state index >= 15 is 0 Å². The molecule has 3 aromatic rings. The lowest BCUT2D eigenvalue weighted by Crippen LogP contribution is -2.31. The molecule has 2 aromatic carbocycles. The van der Waals surface area contributed by atoms with Gasteiger partial charge >= 0.3 is 0 Å². The topological polar surface area (TPSA) is 38.1 Å². The van der Waals surface area contributed by atoms with Crippen LogP contribution in [0.5, 0.6) is 0 Å². The minimum absolute atomic E-state index is 0.0727. The van der Waals surface area contributed by atoms with E-state index in [0.29, 0.717) is 6.01 Å². The standard InChI is InChI=1S/C18H20N2O/c1-18(2,13-12-14-8-4-3-5-9-14)20-17-19-15-10-6-7-11-16(15)21-17/h3-11H,12-13H2,1-2H3,(H,19,20). The average molecular weight is 280 g/mol. The van der Waals surface area contributed by atoms with Crippen molar-refractivity contribution in [2.75, 3.05) is 5.32 Å². The lowest BCUT2D eigenvalue weighted by Gasteiger charge is -2.25. The second-order valence-corrected chi connectivity index (χ2v) is 5.98. The SMILES string of the molecule is CC(C)(CCc1ccccc1)Nc1nc2ccccc2o1. The molecule has 0 unspecified atom stereocenters. The lowest BCUT2D eigenvalue weighted by molar-refractivity contribution is 0.488. The Labute approximate surface area is 125 Å². The van der Waals surface area contributed by atoms with Crippen LogP contribution in [0.25, 0.3) is 11.1 Å². The number of aryl methyl sites for hydroxylation is 1. The predicted octanol–water partition coefficient (Wildman–Crippen LogP) is 4.65. The van der Waals surface area contributed by atoms with Gasteiger partial charge in [-0.3, -0.25) is 0 Å². The number of rotatable bonds is 5. The van der Waals surface area contributed by atoms with Crippen LogP contribution in [0.1, 0.15) is 25.8 Å². The molecule has 21 heavy (non-hydrogen) atoms. The van der Waals surface area contributed by atoms with E-state index in [1.54, 1.807) is 0 Å². The molecule has 1 N–H and O–H groups in total. The summed E-state index contributed by atoms with van der Waals surface area (Å²) in [5.41, 5.74) is 2.99. The van der Waals surface area contributed by atoms with Crippen LogP contribution >= 0.6 is 0 Å². The molecule has 108 valence electrons. The monoisotopic (exact) mass is 280 g/mol. The van der Waals surface area contributed by atoms with Crippen molar-refractivity contribution in [1.82, 2.24) is 4.98 Å². The third-order valence-electron chi connectivity index (χ3n) is 3.62. The van der Waals surface area contributed by atoms with Crippen LogP contribution in [0.3, 0.4) is 0 Å². The van der Waals surface area contributed by atoms with E-state index in [4.69, 9.17) is 4.42 Å². The van der Waals surface area contributed by atoms with E-state index in [1.807, 2.05) is 30.3 Å². The van der Waals surface area contributed by atoms with Crippen molar-refractivity contribution in [3.63, 3.8) is 0 Å². The summed E-state index contributed by atoms with van der Waals surface area (Å²) in [6.07, 6.45) is 2.04. The third kappa shape index (κ3) is 3.43. The van der Waals surface area contributed by atoms with Gasteiger partial charge in [-0.1, -0.05) is 42.5 Å². The highest BCUT2D eigenvalue weighted by atomic mass is 16.4. The summed E-state index contributed by atoms with van der Waals surface area (Å²) in [4.78, 5) is 4.48. The quantitative estimate of drug-likeness (QED) is 0.739. The van der Waals surface area contributed by atoms with Crippen LogP contribution in [0, 0.1) is 0 Å². The summed E-state index contributed by atoms with van der Waals surface area (Å²) in [6, 6.07) is 18.9. The highest BCUT2D eigenvalue weighted by Gasteiger charge is 2.20. The van der Waals surface area contributed by atoms with Gasteiger partial charge < -0.3 is 9.73 Å². The van der Waals surface area contributed by atoms with E-state index in [9.17, 15) is 0 Å². The Hall–Kier alpha value is -2.29. The van der Waals surface area contributed by atoms with Crippen LogP contribution in [-0.2, 0) is 6.42 Å². The van der Waals surface area contributed by atoms with Gasteiger partial charge in [-0.05, 0) is 44.4 Å². The van der Waals surface area contributed by atoms with Crippen LogP contribution in [0.2, 0.25) is 0 Å². The highest BCUT2D eigenvalue weighted by Crippen LogP contribution is 2.23. The predicted molar refractivity (Wildman–Crippen MR) is 86.5 cm³/mol. The Morgan fingerprint density at radius 2 is 1.71 bits per heavy atom. The van der Waals surface area contributed by atoms with Gasteiger partial charge in [0, 0.05) is 5.54 Å². The molecule has 3 nitrogen and oxygen atoms in total. The average Bonchev–Trinajstić information content (AvgIpc) is 2.87. The summed E-state index contributed by atoms with van der Waals surface area (Å²) >= 11 is 0. The summed E-state index contributed by atoms with van der Waals surface area (Å²) in [5.74, 6) is 0. The Morgan fingerprint density at radius 1 is 1.00 bits per heavy atom. The maximum atomic E-state index is 5.73. The first kappa shape index (κ1) is 13.7. The fourth-order valence-corrected chi connectivity index (χ4v) is 2.38. The zero-order chi connectivity index (χ0) is 14.7. The Morgan fingerprint density at radius 3 is 2.48 bits per heavy atom. The number of oxazole rings is 1. The van der Waals surface area contributed by atoms with Gasteiger partial charge in [0.1, 0.15) is 5.52 Å². The Kier molecular flexibility index (Phi) is 3.65. The van der Waals surface area contributed by atoms with Crippen molar-refractivity contribution in [1.29, 1.82) is 0 Å². The van der Waals surface area contributed by atoms with Crippen LogP contribution in [0.15, 0.2) is 59.0 Å². The molecule has 0 saturated carbocycles. The van der Waals surface area contributed by atoms with Gasteiger partial charge in [0.05, 0.1) is 0 Å². The van der Waals surface area contributed by atoms with Crippen molar-refractivity contribution in [2.45, 2.75) is 32.2 Å². The summed E-state index contributed by atoms with van der Waals surface area (Å²) in [7, 11) is 0. The molecule has 0 amide bonds. The van der Waals surface area contributed by atoms with E-state index in [0.717, 1.165) is 23.9 Å².